The monoisotopic (exact) mass is 377 g/mol. The van der Waals surface area contributed by atoms with Crippen LogP contribution in [0.3, 0.4) is 0 Å². The van der Waals surface area contributed by atoms with Crippen molar-refractivity contribution in [1.82, 2.24) is 10.3 Å². The molecule has 144 valence electrons. The van der Waals surface area contributed by atoms with Crippen molar-refractivity contribution in [2.24, 2.45) is 4.99 Å². The predicted octanol–water partition coefficient (Wildman–Crippen LogP) is 3.56. The quantitative estimate of drug-likeness (QED) is 0.608. The Morgan fingerprint density at radius 2 is 1.75 bits per heavy atom. The minimum absolute atomic E-state index is 0.433. The number of aromatic nitrogens is 1. The van der Waals surface area contributed by atoms with E-state index in [-0.39, 0.29) is 0 Å². The second-order valence-corrected chi connectivity index (χ2v) is 6.42. The van der Waals surface area contributed by atoms with E-state index in [9.17, 15) is 0 Å². The van der Waals surface area contributed by atoms with Gasteiger partial charge in [-0.25, -0.2) is 9.98 Å². The Labute approximate surface area is 164 Å². The Morgan fingerprint density at radius 1 is 0.929 bits per heavy atom. The highest BCUT2D eigenvalue weighted by Crippen LogP contribution is 2.19. The summed E-state index contributed by atoms with van der Waals surface area (Å²) in [4.78, 5) is 8.80. The van der Waals surface area contributed by atoms with Gasteiger partial charge in [-0.1, -0.05) is 24.3 Å². The van der Waals surface area contributed by atoms with Crippen LogP contribution in [0, 0.1) is 0 Å². The first-order chi connectivity index (χ1) is 13.9. The standard InChI is InChI=1S/C22H23N3O3/c1-2-5-21-17(4-1)6-7-18(25-21)16-28-20-10-8-19(9-11-20)26-14-3-12-23-22-24-13-15-27-22/h1-2,4-11H,3,12-16H2,(H,23,24). The molecule has 0 atom stereocenters. The van der Waals surface area contributed by atoms with Crippen LogP contribution in [-0.4, -0.2) is 37.3 Å². The van der Waals surface area contributed by atoms with Gasteiger partial charge < -0.3 is 19.5 Å². The van der Waals surface area contributed by atoms with Gasteiger partial charge in [0.05, 0.1) is 24.4 Å². The molecule has 0 bridgehead atoms. The molecule has 0 spiro atoms. The van der Waals surface area contributed by atoms with Gasteiger partial charge in [-0.05, 0) is 42.8 Å². The number of amidine groups is 1. The lowest BCUT2D eigenvalue weighted by molar-refractivity contribution is 0.295. The van der Waals surface area contributed by atoms with E-state index in [2.05, 4.69) is 27.4 Å². The molecule has 0 saturated carbocycles. The molecule has 1 aliphatic heterocycles. The lowest BCUT2D eigenvalue weighted by Gasteiger charge is -2.09. The smallest absolute Gasteiger partial charge is 0.284 e. The Kier molecular flexibility index (Phi) is 5.87. The molecule has 1 aromatic heterocycles. The van der Waals surface area contributed by atoms with Crippen molar-refractivity contribution < 1.29 is 14.2 Å². The van der Waals surface area contributed by atoms with Gasteiger partial charge in [0.2, 0.25) is 0 Å². The van der Waals surface area contributed by atoms with Gasteiger partial charge in [-0.15, -0.1) is 0 Å². The van der Waals surface area contributed by atoms with Crippen molar-refractivity contribution in [2.45, 2.75) is 13.0 Å². The fourth-order valence-corrected chi connectivity index (χ4v) is 2.88. The Bertz CT molecular complexity index is 941. The maximum Gasteiger partial charge on any atom is 0.284 e. The molecule has 28 heavy (non-hydrogen) atoms. The average Bonchev–Trinajstić information content (AvgIpc) is 3.26. The zero-order valence-electron chi connectivity index (χ0n) is 15.6. The van der Waals surface area contributed by atoms with Crippen LogP contribution in [0.25, 0.3) is 10.9 Å². The zero-order valence-corrected chi connectivity index (χ0v) is 15.6. The molecule has 0 saturated heterocycles. The summed E-state index contributed by atoms with van der Waals surface area (Å²) < 4.78 is 16.9. The number of rotatable bonds is 8. The van der Waals surface area contributed by atoms with Crippen LogP contribution < -0.4 is 14.8 Å². The highest BCUT2D eigenvalue weighted by Gasteiger charge is 2.05. The largest absolute Gasteiger partial charge is 0.494 e. The molecule has 0 fully saturated rings. The first-order valence-electron chi connectivity index (χ1n) is 9.48. The van der Waals surface area contributed by atoms with Crippen LogP contribution in [0.1, 0.15) is 12.1 Å². The third kappa shape index (κ3) is 4.91. The zero-order chi connectivity index (χ0) is 19.0. The summed E-state index contributed by atoms with van der Waals surface area (Å²) in [5.41, 5.74) is 1.88. The number of hydrogen-bond acceptors (Lipinski definition) is 6. The van der Waals surface area contributed by atoms with Gasteiger partial charge in [-0.3, -0.25) is 0 Å². The van der Waals surface area contributed by atoms with Crippen molar-refractivity contribution in [1.29, 1.82) is 0 Å². The SMILES string of the molecule is c1ccc2nc(COc3ccc(OCCCNC4=NCCO4)cc3)ccc2c1. The summed E-state index contributed by atoms with van der Waals surface area (Å²) in [6.45, 7) is 3.25. The van der Waals surface area contributed by atoms with Crippen molar-refractivity contribution in [3.63, 3.8) is 0 Å². The summed E-state index contributed by atoms with van der Waals surface area (Å²) in [6, 6.07) is 20.4. The van der Waals surface area contributed by atoms with Crippen LogP contribution in [0.4, 0.5) is 0 Å². The second-order valence-electron chi connectivity index (χ2n) is 6.42. The maximum atomic E-state index is 5.84. The second kappa shape index (κ2) is 9.08. The van der Waals surface area contributed by atoms with E-state index in [1.807, 2.05) is 48.5 Å². The van der Waals surface area contributed by atoms with Crippen molar-refractivity contribution in [3.05, 3.63) is 66.4 Å². The van der Waals surface area contributed by atoms with E-state index >= 15 is 0 Å². The third-order valence-electron chi connectivity index (χ3n) is 4.32. The molecule has 2 heterocycles. The Morgan fingerprint density at radius 3 is 2.57 bits per heavy atom. The molecule has 0 radical (unpaired) electrons. The van der Waals surface area contributed by atoms with Gasteiger partial charge in [0.25, 0.3) is 6.02 Å². The number of benzene rings is 2. The number of nitrogens with one attached hydrogen (secondary N) is 1. The number of fused-ring (bicyclic) bond motifs is 1. The summed E-state index contributed by atoms with van der Waals surface area (Å²) >= 11 is 0. The number of ether oxygens (including phenoxy) is 3. The van der Waals surface area contributed by atoms with Gasteiger partial charge in [-0.2, -0.15) is 0 Å². The average molecular weight is 377 g/mol. The number of hydrogen-bond donors (Lipinski definition) is 1. The van der Waals surface area contributed by atoms with Crippen LogP contribution >= 0.6 is 0 Å². The summed E-state index contributed by atoms with van der Waals surface area (Å²) in [5.74, 6) is 1.62. The molecule has 0 amide bonds. The lowest BCUT2D eigenvalue weighted by atomic mass is 10.2. The topological polar surface area (TPSA) is 65.0 Å². The molecule has 0 aliphatic carbocycles. The van der Waals surface area contributed by atoms with E-state index in [0.29, 0.717) is 25.8 Å². The number of pyridine rings is 1. The fourth-order valence-electron chi connectivity index (χ4n) is 2.88. The van der Waals surface area contributed by atoms with Gasteiger partial charge >= 0.3 is 0 Å². The number of para-hydroxylation sites is 1. The van der Waals surface area contributed by atoms with Gasteiger partial charge in [0.1, 0.15) is 24.7 Å². The Hall–Kier alpha value is -3.28. The van der Waals surface area contributed by atoms with E-state index in [1.165, 1.54) is 0 Å². The van der Waals surface area contributed by atoms with Crippen LogP contribution in [0.15, 0.2) is 65.7 Å². The molecule has 3 aromatic rings. The minimum atomic E-state index is 0.433. The van der Waals surface area contributed by atoms with E-state index in [4.69, 9.17) is 14.2 Å². The first-order valence-corrected chi connectivity index (χ1v) is 9.48. The number of nitrogens with zero attached hydrogens (tertiary/aromatic N) is 2. The lowest BCUT2D eigenvalue weighted by Crippen LogP contribution is -2.25. The van der Waals surface area contributed by atoms with E-state index in [0.717, 1.165) is 47.6 Å². The summed E-state index contributed by atoms with van der Waals surface area (Å²) in [5, 5.41) is 4.27. The van der Waals surface area contributed by atoms with Crippen molar-refractivity contribution in [2.75, 3.05) is 26.3 Å². The normalized spacial score (nSPS) is 13.1. The number of aliphatic imine (C=N–C) groups is 1. The third-order valence-corrected chi connectivity index (χ3v) is 4.32. The van der Waals surface area contributed by atoms with Crippen LogP contribution in [-0.2, 0) is 11.3 Å². The summed E-state index contributed by atoms with van der Waals surface area (Å²) in [6.07, 6.45) is 0.869. The Balaban J connectivity index is 1.20. The maximum absolute atomic E-state index is 5.84. The van der Waals surface area contributed by atoms with E-state index < -0.39 is 0 Å². The summed E-state index contributed by atoms with van der Waals surface area (Å²) in [7, 11) is 0. The van der Waals surface area contributed by atoms with Gasteiger partial charge in [0, 0.05) is 11.9 Å². The molecule has 6 heteroatoms. The molecule has 0 unspecified atom stereocenters. The molecule has 2 aromatic carbocycles. The minimum Gasteiger partial charge on any atom is -0.494 e. The van der Waals surface area contributed by atoms with Gasteiger partial charge in [0.15, 0.2) is 0 Å². The molecule has 1 N–H and O–H groups in total. The van der Waals surface area contributed by atoms with Crippen molar-refractivity contribution in [3.8, 4) is 11.5 Å². The first kappa shape index (κ1) is 18.1. The highest BCUT2D eigenvalue weighted by molar-refractivity contribution is 5.78. The molecule has 6 nitrogen and oxygen atoms in total. The predicted molar refractivity (Wildman–Crippen MR) is 109 cm³/mol. The van der Waals surface area contributed by atoms with E-state index in [1.54, 1.807) is 0 Å². The molecular weight excluding hydrogens is 354 g/mol. The molecule has 4 rings (SSSR count). The van der Waals surface area contributed by atoms with Crippen LogP contribution in [0.2, 0.25) is 0 Å². The fraction of sp³-hybridized carbons (Fsp3) is 0.273. The molecular formula is C22H23N3O3. The van der Waals surface area contributed by atoms with Crippen LogP contribution in [0.5, 0.6) is 11.5 Å². The molecule has 1 aliphatic rings. The highest BCUT2D eigenvalue weighted by atomic mass is 16.5. The van der Waals surface area contributed by atoms with Crippen molar-refractivity contribution >= 4 is 16.9 Å².